The molecule has 3 heterocycles. The average molecular weight is 535 g/mol. The maximum atomic E-state index is 9.38. The van der Waals surface area contributed by atoms with Gasteiger partial charge in [-0.15, -0.1) is 0 Å². The fourth-order valence-corrected chi connectivity index (χ4v) is 6.31. The highest BCUT2D eigenvalue weighted by atomic mass is 16.3. The van der Waals surface area contributed by atoms with Crippen molar-refractivity contribution in [3.05, 3.63) is 107 Å². The monoisotopic (exact) mass is 534 g/mol. The van der Waals surface area contributed by atoms with Crippen molar-refractivity contribution in [1.82, 2.24) is 14.5 Å². The molecule has 7 aromatic rings. The van der Waals surface area contributed by atoms with Crippen LogP contribution in [0.5, 0.6) is 0 Å². The van der Waals surface area contributed by atoms with Crippen molar-refractivity contribution in [2.24, 2.45) is 0 Å². The Labute approximate surface area is 238 Å². The molecule has 0 radical (unpaired) electrons. The van der Waals surface area contributed by atoms with Gasteiger partial charge in [0, 0.05) is 10.8 Å². The van der Waals surface area contributed by atoms with E-state index in [1.165, 1.54) is 27.5 Å². The van der Waals surface area contributed by atoms with Crippen LogP contribution in [0.1, 0.15) is 61.9 Å². The van der Waals surface area contributed by atoms with Gasteiger partial charge in [0.25, 0.3) is 0 Å². The van der Waals surface area contributed by atoms with Crippen LogP contribution in [0.2, 0.25) is 0 Å². The predicted octanol–water partition coefficient (Wildman–Crippen LogP) is 9.32. The molecule has 0 amide bonds. The molecule has 0 aliphatic heterocycles. The summed E-state index contributed by atoms with van der Waals surface area (Å²) in [4.78, 5) is 9.61. The van der Waals surface area contributed by atoms with Crippen LogP contribution < -0.4 is 0 Å². The van der Waals surface area contributed by atoms with Gasteiger partial charge in [0.2, 0.25) is 5.71 Å². The Morgan fingerprint density at radius 2 is 1.59 bits per heavy atom. The van der Waals surface area contributed by atoms with Gasteiger partial charge in [0.15, 0.2) is 0 Å². The topological polar surface area (TPSA) is 67.6 Å². The highest BCUT2D eigenvalue weighted by Crippen LogP contribution is 2.39. The molecule has 0 bridgehead atoms. The Morgan fingerprint density at radius 1 is 0.805 bits per heavy atom. The zero-order valence-corrected chi connectivity index (χ0v) is 23.6. The lowest BCUT2D eigenvalue weighted by atomic mass is 9.84. The number of imidazole rings is 1. The minimum absolute atomic E-state index is 0.337. The van der Waals surface area contributed by atoms with Crippen molar-refractivity contribution in [2.45, 2.75) is 46.1 Å². The summed E-state index contributed by atoms with van der Waals surface area (Å²) in [6.45, 7) is 9.83. The minimum atomic E-state index is 0.337. The van der Waals surface area contributed by atoms with Gasteiger partial charge in [-0.1, -0.05) is 82.3 Å². The van der Waals surface area contributed by atoms with Crippen molar-refractivity contribution < 1.29 is 4.42 Å². The van der Waals surface area contributed by atoms with Crippen molar-refractivity contribution in [1.29, 1.82) is 5.26 Å². The zero-order chi connectivity index (χ0) is 28.2. The fraction of sp³-hybridized carbons (Fsp3) is 0.194. The SMILES string of the molecule is CC(C)c1cc2ccccc2c(C(C)C)c1Cn1c(-c2cccc3c2oc2nc(C#N)ccc23)nc2ccccc21. The van der Waals surface area contributed by atoms with E-state index in [1.54, 1.807) is 6.07 Å². The molecule has 0 saturated heterocycles. The molecule has 5 heteroatoms. The first-order chi connectivity index (χ1) is 19.9. The lowest BCUT2D eigenvalue weighted by Crippen LogP contribution is -2.11. The summed E-state index contributed by atoms with van der Waals surface area (Å²) in [6, 6.07) is 31.4. The van der Waals surface area contributed by atoms with E-state index in [0.29, 0.717) is 29.8 Å². The number of fused-ring (bicyclic) bond motifs is 5. The molecule has 0 N–H and O–H groups in total. The number of pyridine rings is 1. The Hall–Kier alpha value is -4.95. The first-order valence-corrected chi connectivity index (χ1v) is 14.2. The first-order valence-electron chi connectivity index (χ1n) is 14.2. The molecule has 0 fully saturated rings. The second-order valence-corrected chi connectivity index (χ2v) is 11.3. The number of rotatable bonds is 5. The molecular formula is C36H30N4O. The van der Waals surface area contributed by atoms with Crippen LogP contribution in [0.15, 0.2) is 89.3 Å². The van der Waals surface area contributed by atoms with Crippen molar-refractivity contribution in [3.8, 4) is 17.5 Å². The number of nitriles is 1. The number of benzene rings is 4. The summed E-state index contributed by atoms with van der Waals surface area (Å²) in [6.07, 6.45) is 0. The second kappa shape index (κ2) is 9.60. The summed E-state index contributed by atoms with van der Waals surface area (Å²) >= 11 is 0. The lowest BCUT2D eigenvalue weighted by molar-refractivity contribution is 0.653. The Morgan fingerprint density at radius 3 is 2.39 bits per heavy atom. The summed E-state index contributed by atoms with van der Waals surface area (Å²) in [5.74, 6) is 1.57. The van der Waals surface area contributed by atoms with Crippen LogP contribution in [-0.2, 0) is 6.54 Å². The van der Waals surface area contributed by atoms with Crippen LogP contribution in [-0.4, -0.2) is 14.5 Å². The van der Waals surface area contributed by atoms with Gasteiger partial charge in [-0.25, -0.2) is 9.97 Å². The maximum Gasteiger partial charge on any atom is 0.228 e. The van der Waals surface area contributed by atoms with E-state index in [2.05, 4.69) is 97.9 Å². The van der Waals surface area contributed by atoms with Gasteiger partial charge in [0.1, 0.15) is 23.2 Å². The van der Waals surface area contributed by atoms with E-state index in [4.69, 9.17) is 9.40 Å². The molecule has 7 rings (SSSR count). The molecular weight excluding hydrogens is 504 g/mol. The lowest BCUT2D eigenvalue weighted by Gasteiger charge is -2.24. The fourth-order valence-electron chi connectivity index (χ4n) is 6.31. The number of nitrogens with zero attached hydrogens (tertiary/aromatic N) is 4. The molecule has 200 valence electrons. The average Bonchev–Trinajstić information content (AvgIpc) is 3.54. The van der Waals surface area contributed by atoms with Crippen molar-refractivity contribution >= 4 is 43.9 Å². The van der Waals surface area contributed by atoms with Crippen LogP contribution in [0.3, 0.4) is 0 Å². The molecule has 4 aromatic carbocycles. The largest absolute Gasteiger partial charge is 0.437 e. The predicted molar refractivity (Wildman–Crippen MR) is 166 cm³/mol. The maximum absolute atomic E-state index is 9.38. The van der Waals surface area contributed by atoms with Crippen molar-refractivity contribution in [3.63, 3.8) is 0 Å². The summed E-state index contributed by atoms with van der Waals surface area (Å²) in [7, 11) is 0. The highest BCUT2D eigenvalue weighted by Gasteiger charge is 2.23. The molecule has 0 aliphatic rings. The number of aromatic nitrogens is 3. The molecule has 0 saturated carbocycles. The van der Waals surface area contributed by atoms with Gasteiger partial charge in [-0.2, -0.15) is 5.26 Å². The van der Waals surface area contributed by atoms with Gasteiger partial charge in [0.05, 0.1) is 23.1 Å². The third kappa shape index (κ3) is 3.98. The Kier molecular flexibility index (Phi) is 5.87. The Balaban J connectivity index is 1.52. The highest BCUT2D eigenvalue weighted by molar-refractivity contribution is 6.08. The van der Waals surface area contributed by atoms with Crippen LogP contribution in [0.4, 0.5) is 0 Å². The summed E-state index contributed by atoms with van der Waals surface area (Å²) in [5.41, 5.74) is 8.59. The summed E-state index contributed by atoms with van der Waals surface area (Å²) in [5, 5.41) is 13.8. The second-order valence-electron chi connectivity index (χ2n) is 11.3. The van der Waals surface area contributed by atoms with Gasteiger partial charge >= 0.3 is 0 Å². The summed E-state index contributed by atoms with van der Waals surface area (Å²) < 4.78 is 8.69. The Bertz CT molecular complexity index is 2160. The number of hydrogen-bond donors (Lipinski definition) is 0. The molecule has 5 nitrogen and oxygen atoms in total. The third-order valence-electron chi connectivity index (χ3n) is 8.13. The van der Waals surface area contributed by atoms with Gasteiger partial charge < -0.3 is 8.98 Å². The smallest absolute Gasteiger partial charge is 0.228 e. The normalized spacial score (nSPS) is 11.9. The molecule has 0 aliphatic carbocycles. The van der Waals surface area contributed by atoms with E-state index in [9.17, 15) is 5.26 Å². The first kappa shape index (κ1) is 25.0. The quantitative estimate of drug-likeness (QED) is 0.221. The number of hydrogen-bond acceptors (Lipinski definition) is 4. The zero-order valence-electron chi connectivity index (χ0n) is 23.6. The van der Waals surface area contributed by atoms with Crippen LogP contribution in [0, 0.1) is 11.3 Å². The van der Waals surface area contributed by atoms with E-state index >= 15 is 0 Å². The molecule has 41 heavy (non-hydrogen) atoms. The van der Waals surface area contributed by atoms with E-state index < -0.39 is 0 Å². The van der Waals surface area contributed by atoms with Crippen molar-refractivity contribution in [2.75, 3.05) is 0 Å². The van der Waals surface area contributed by atoms with E-state index in [0.717, 1.165) is 38.8 Å². The minimum Gasteiger partial charge on any atom is -0.437 e. The van der Waals surface area contributed by atoms with Gasteiger partial charge in [-0.3, -0.25) is 0 Å². The molecule has 0 spiro atoms. The molecule has 3 aromatic heterocycles. The molecule has 0 unspecified atom stereocenters. The third-order valence-corrected chi connectivity index (χ3v) is 8.13. The van der Waals surface area contributed by atoms with Crippen LogP contribution >= 0.6 is 0 Å². The van der Waals surface area contributed by atoms with Gasteiger partial charge in [-0.05, 0) is 69.6 Å². The van der Waals surface area contributed by atoms with E-state index in [-0.39, 0.29) is 0 Å². The molecule has 0 atom stereocenters. The number of para-hydroxylation sites is 3. The van der Waals surface area contributed by atoms with E-state index in [1.807, 2.05) is 24.3 Å². The number of furan rings is 1. The van der Waals surface area contributed by atoms with Crippen LogP contribution in [0.25, 0.3) is 55.3 Å². The standard InChI is InChI=1S/C36H30N4O/c1-21(2)29-18-23-10-5-6-11-25(23)33(22(3)4)30(29)20-40-32-15-8-7-14-31(32)39-35(40)28-13-9-12-26-27-17-16-24(19-37)38-36(27)41-34(26)28/h5-18,21-22H,20H2,1-4H3.